The van der Waals surface area contributed by atoms with Crippen molar-refractivity contribution in [2.75, 3.05) is 27.2 Å². The second kappa shape index (κ2) is 8.62. The first kappa shape index (κ1) is 17.4. The van der Waals surface area contributed by atoms with Gasteiger partial charge in [0.25, 0.3) is 0 Å². The molecule has 0 aliphatic carbocycles. The Morgan fingerprint density at radius 1 is 1.22 bits per heavy atom. The number of halogens is 2. The molecule has 0 atom stereocenters. The monoisotopic (exact) mass is 337 g/mol. The fourth-order valence-corrected chi connectivity index (χ4v) is 3.00. The van der Waals surface area contributed by atoms with E-state index < -0.39 is 11.6 Å². The van der Waals surface area contributed by atoms with Gasteiger partial charge in [0, 0.05) is 38.1 Å². The van der Waals surface area contributed by atoms with Gasteiger partial charge in [0.1, 0.15) is 11.6 Å². The molecule has 0 fully saturated rings. The van der Waals surface area contributed by atoms with Gasteiger partial charge in [0.05, 0.1) is 0 Å². The quantitative estimate of drug-likeness (QED) is 0.647. The summed E-state index contributed by atoms with van der Waals surface area (Å²) in [5.74, 6) is -0.312. The van der Waals surface area contributed by atoms with E-state index in [0.29, 0.717) is 18.5 Å². The molecule has 0 aliphatic heterocycles. The molecule has 6 heteroatoms. The van der Waals surface area contributed by atoms with Gasteiger partial charge < -0.3 is 10.2 Å². The van der Waals surface area contributed by atoms with E-state index >= 15 is 0 Å². The third-order valence-electron chi connectivity index (χ3n) is 3.47. The number of thiophene rings is 1. The molecule has 0 unspecified atom stereocenters. The van der Waals surface area contributed by atoms with E-state index in [2.05, 4.69) is 21.8 Å². The first-order valence-corrected chi connectivity index (χ1v) is 8.35. The predicted octanol–water partition coefficient (Wildman–Crippen LogP) is 3.32. The van der Waals surface area contributed by atoms with Crippen molar-refractivity contribution in [3.05, 3.63) is 57.8 Å². The van der Waals surface area contributed by atoms with E-state index in [9.17, 15) is 8.78 Å². The minimum absolute atomic E-state index is 0.534. The summed E-state index contributed by atoms with van der Waals surface area (Å²) >= 11 is 1.74. The molecule has 1 heterocycles. The Kier molecular flexibility index (Phi) is 6.52. The van der Waals surface area contributed by atoms with Crippen LogP contribution in [0.25, 0.3) is 0 Å². The molecule has 0 saturated heterocycles. The van der Waals surface area contributed by atoms with Gasteiger partial charge in [-0.25, -0.2) is 8.78 Å². The van der Waals surface area contributed by atoms with Gasteiger partial charge in [-0.1, -0.05) is 6.07 Å². The van der Waals surface area contributed by atoms with E-state index in [4.69, 9.17) is 0 Å². The molecule has 2 rings (SSSR count). The predicted molar refractivity (Wildman–Crippen MR) is 92.1 cm³/mol. The SMILES string of the molecule is CN=C(NCCc1cc(F)cc(F)c1)N(C)CCc1cccs1. The van der Waals surface area contributed by atoms with Crippen LogP contribution in [-0.2, 0) is 12.8 Å². The Morgan fingerprint density at radius 2 is 1.96 bits per heavy atom. The largest absolute Gasteiger partial charge is 0.356 e. The van der Waals surface area contributed by atoms with Crippen LogP contribution in [-0.4, -0.2) is 38.0 Å². The number of nitrogens with zero attached hydrogens (tertiary/aromatic N) is 2. The summed E-state index contributed by atoms with van der Waals surface area (Å²) in [4.78, 5) is 7.62. The minimum atomic E-state index is -0.544. The van der Waals surface area contributed by atoms with Crippen molar-refractivity contribution in [2.24, 2.45) is 4.99 Å². The molecule has 0 spiro atoms. The molecule has 3 nitrogen and oxygen atoms in total. The first-order valence-electron chi connectivity index (χ1n) is 7.47. The Labute approximate surface area is 139 Å². The third kappa shape index (κ3) is 5.63. The van der Waals surface area contributed by atoms with Gasteiger partial charge in [0.2, 0.25) is 0 Å². The molecule has 1 aromatic heterocycles. The van der Waals surface area contributed by atoms with E-state index in [1.54, 1.807) is 18.4 Å². The van der Waals surface area contributed by atoms with E-state index in [1.165, 1.54) is 17.0 Å². The zero-order valence-corrected chi connectivity index (χ0v) is 14.2. The Hall–Kier alpha value is -1.95. The van der Waals surface area contributed by atoms with Crippen LogP contribution in [0.4, 0.5) is 8.78 Å². The Bertz CT molecular complexity index is 621. The Balaban J connectivity index is 1.80. The van der Waals surface area contributed by atoms with Crippen LogP contribution in [0.1, 0.15) is 10.4 Å². The van der Waals surface area contributed by atoms with Gasteiger partial charge in [-0.05, 0) is 42.0 Å². The maximum Gasteiger partial charge on any atom is 0.193 e. The van der Waals surface area contributed by atoms with Gasteiger partial charge >= 0.3 is 0 Å². The molecular formula is C17H21F2N3S. The lowest BCUT2D eigenvalue weighted by atomic mass is 10.1. The number of nitrogens with one attached hydrogen (secondary N) is 1. The number of aliphatic imine (C=N–C) groups is 1. The number of hydrogen-bond acceptors (Lipinski definition) is 2. The second-order valence-electron chi connectivity index (χ2n) is 5.25. The zero-order valence-electron chi connectivity index (χ0n) is 13.4. The van der Waals surface area contributed by atoms with Crippen molar-refractivity contribution >= 4 is 17.3 Å². The molecule has 0 amide bonds. The molecule has 0 saturated carbocycles. The molecule has 1 aromatic carbocycles. The lowest BCUT2D eigenvalue weighted by Crippen LogP contribution is -2.40. The average Bonchev–Trinajstić information content (AvgIpc) is 3.01. The first-order chi connectivity index (χ1) is 11.1. The number of likely N-dealkylation sites (N-methyl/N-ethyl adjacent to an activating group) is 1. The fourth-order valence-electron chi connectivity index (χ4n) is 2.30. The summed E-state index contributed by atoms with van der Waals surface area (Å²) in [7, 11) is 3.70. The molecule has 2 aromatic rings. The van der Waals surface area contributed by atoms with Crippen LogP contribution in [0.2, 0.25) is 0 Å². The van der Waals surface area contributed by atoms with E-state index in [-0.39, 0.29) is 0 Å². The van der Waals surface area contributed by atoms with Gasteiger partial charge in [0.15, 0.2) is 5.96 Å². The molecule has 124 valence electrons. The molecule has 0 radical (unpaired) electrons. The van der Waals surface area contributed by atoms with Crippen LogP contribution in [0.15, 0.2) is 40.7 Å². The molecular weight excluding hydrogens is 316 g/mol. The number of benzene rings is 1. The highest BCUT2D eigenvalue weighted by molar-refractivity contribution is 7.09. The van der Waals surface area contributed by atoms with Crippen LogP contribution in [0.3, 0.4) is 0 Å². The van der Waals surface area contributed by atoms with Crippen molar-refractivity contribution in [1.82, 2.24) is 10.2 Å². The molecule has 23 heavy (non-hydrogen) atoms. The van der Waals surface area contributed by atoms with Crippen molar-refractivity contribution < 1.29 is 8.78 Å². The lowest BCUT2D eigenvalue weighted by molar-refractivity contribution is 0.487. The lowest BCUT2D eigenvalue weighted by Gasteiger charge is -2.21. The smallest absolute Gasteiger partial charge is 0.193 e. The summed E-state index contributed by atoms with van der Waals surface area (Å²) in [6, 6.07) is 7.76. The van der Waals surface area contributed by atoms with E-state index in [1.807, 2.05) is 18.0 Å². The number of rotatable bonds is 6. The average molecular weight is 337 g/mol. The van der Waals surface area contributed by atoms with Crippen LogP contribution >= 0.6 is 11.3 Å². The topological polar surface area (TPSA) is 27.6 Å². The zero-order chi connectivity index (χ0) is 16.7. The summed E-state index contributed by atoms with van der Waals surface area (Å²) < 4.78 is 26.3. The minimum Gasteiger partial charge on any atom is -0.356 e. The highest BCUT2D eigenvalue weighted by atomic mass is 32.1. The maximum atomic E-state index is 13.2. The van der Waals surface area contributed by atoms with Gasteiger partial charge in [-0.15, -0.1) is 11.3 Å². The normalized spacial score (nSPS) is 11.6. The highest BCUT2D eigenvalue weighted by Crippen LogP contribution is 2.10. The number of guanidine groups is 1. The van der Waals surface area contributed by atoms with Crippen molar-refractivity contribution in [3.8, 4) is 0 Å². The summed E-state index contributed by atoms with van der Waals surface area (Å²) in [5.41, 5.74) is 0.631. The second-order valence-corrected chi connectivity index (χ2v) is 6.28. The standard InChI is InChI=1S/C17H21F2N3S/c1-20-17(22(2)8-6-16-4-3-9-23-16)21-7-5-13-10-14(18)12-15(19)11-13/h3-4,9-12H,5-8H2,1-2H3,(H,20,21). The van der Waals surface area contributed by atoms with Crippen molar-refractivity contribution in [3.63, 3.8) is 0 Å². The molecule has 1 N–H and O–H groups in total. The van der Waals surface area contributed by atoms with Gasteiger partial charge in [-0.2, -0.15) is 0 Å². The Morgan fingerprint density at radius 3 is 2.57 bits per heavy atom. The molecule has 0 aliphatic rings. The molecule has 0 bridgehead atoms. The maximum absolute atomic E-state index is 13.2. The van der Waals surface area contributed by atoms with Crippen molar-refractivity contribution in [1.29, 1.82) is 0 Å². The summed E-state index contributed by atoms with van der Waals surface area (Å²) in [5, 5.41) is 5.29. The summed E-state index contributed by atoms with van der Waals surface area (Å²) in [6.07, 6.45) is 1.50. The van der Waals surface area contributed by atoms with Gasteiger partial charge in [-0.3, -0.25) is 4.99 Å². The third-order valence-corrected chi connectivity index (χ3v) is 4.40. The summed E-state index contributed by atoms with van der Waals surface area (Å²) in [6.45, 7) is 1.42. The highest BCUT2D eigenvalue weighted by Gasteiger charge is 2.07. The van der Waals surface area contributed by atoms with Crippen LogP contribution in [0.5, 0.6) is 0 Å². The van der Waals surface area contributed by atoms with Crippen LogP contribution in [0, 0.1) is 11.6 Å². The number of hydrogen-bond donors (Lipinski definition) is 1. The fraction of sp³-hybridized carbons (Fsp3) is 0.353. The van der Waals surface area contributed by atoms with Crippen molar-refractivity contribution in [2.45, 2.75) is 12.8 Å². The van der Waals surface area contributed by atoms with E-state index in [0.717, 1.165) is 25.0 Å². The van der Waals surface area contributed by atoms with Crippen LogP contribution < -0.4 is 5.32 Å².